The molecule has 0 saturated heterocycles. The summed E-state index contributed by atoms with van der Waals surface area (Å²) in [6.07, 6.45) is 1.55. The highest BCUT2D eigenvalue weighted by atomic mass is 32.1. The fraction of sp³-hybridized carbons (Fsp3) is 0.0714. The van der Waals surface area contributed by atoms with Gasteiger partial charge in [0.05, 0.1) is 13.4 Å². The molecule has 2 heterocycles. The van der Waals surface area contributed by atoms with Crippen molar-refractivity contribution < 1.29 is 13.9 Å². The molecule has 0 atom stereocenters. The molecule has 0 saturated carbocycles. The van der Waals surface area contributed by atoms with Crippen LogP contribution in [0.1, 0.15) is 0 Å². The lowest BCUT2D eigenvalue weighted by Gasteiger charge is -2.06. The summed E-state index contributed by atoms with van der Waals surface area (Å²) in [4.78, 5) is 11.9. The van der Waals surface area contributed by atoms with E-state index >= 15 is 0 Å². The molecule has 3 rings (SSSR count). The van der Waals surface area contributed by atoms with Crippen LogP contribution in [-0.4, -0.2) is 23.3 Å². The van der Waals surface area contributed by atoms with Crippen LogP contribution in [0.15, 0.2) is 47.1 Å². The number of ether oxygens (including phenoxy) is 1. The van der Waals surface area contributed by atoms with E-state index in [0.29, 0.717) is 27.3 Å². The Labute approximate surface area is 129 Å². The van der Waals surface area contributed by atoms with Crippen molar-refractivity contribution in [3.63, 3.8) is 0 Å². The monoisotopic (exact) mass is 316 g/mol. The zero-order chi connectivity index (χ0) is 15.4. The largest absolute Gasteiger partial charge is 0.497 e. The van der Waals surface area contributed by atoms with E-state index in [4.69, 9.17) is 9.15 Å². The molecule has 0 fully saturated rings. The fourth-order valence-electron chi connectivity index (χ4n) is 1.73. The lowest BCUT2D eigenvalue weighted by atomic mass is 10.3. The molecule has 8 heteroatoms. The van der Waals surface area contributed by atoms with Gasteiger partial charge in [0.15, 0.2) is 10.8 Å². The minimum atomic E-state index is -0.407. The number of nitrogens with zero attached hydrogens (tertiary/aromatic N) is 2. The maximum absolute atomic E-state index is 11.9. The summed E-state index contributed by atoms with van der Waals surface area (Å²) < 4.78 is 10.3. The van der Waals surface area contributed by atoms with Crippen molar-refractivity contribution in [3.05, 3.63) is 42.7 Å². The molecule has 2 amide bonds. The van der Waals surface area contributed by atoms with Crippen molar-refractivity contribution >= 4 is 28.2 Å². The van der Waals surface area contributed by atoms with Gasteiger partial charge in [0.25, 0.3) is 0 Å². The van der Waals surface area contributed by atoms with Crippen molar-refractivity contribution in [1.29, 1.82) is 0 Å². The number of amides is 2. The first-order valence-electron chi connectivity index (χ1n) is 6.34. The number of aromatic nitrogens is 2. The number of anilines is 2. The first-order chi connectivity index (χ1) is 10.7. The summed E-state index contributed by atoms with van der Waals surface area (Å²) in [5, 5.41) is 14.2. The number of methoxy groups -OCH3 is 1. The highest BCUT2D eigenvalue weighted by Crippen LogP contribution is 2.26. The zero-order valence-corrected chi connectivity index (χ0v) is 12.4. The number of hydrogen-bond acceptors (Lipinski definition) is 6. The SMILES string of the molecule is COc1cccc(NC(=O)Nc2nnc(-c3ccco3)s2)c1. The average Bonchev–Trinajstić information content (AvgIpc) is 3.18. The van der Waals surface area contributed by atoms with E-state index < -0.39 is 6.03 Å². The van der Waals surface area contributed by atoms with Crippen LogP contribution in [-0.2, 0) is 0 Å². The summed E-state index contributed by atoms with van der Waals surface area (Å²) in [6.45, 7) is 0. The third-order valence-corrected chi connectivity index (χ3v) is 3.56. The van der Waals surface area contributed by atoms with Gasteiger partial charge in [-0.25, -0.2) is 4.79 Å². The summed E-state index contributed by atoms with van der Waals surface area (Å²) in [6, 6.07) is 10.2. The standard InChI is InChI=1S/C14H12N4O3S/c1-20-10-5-2-4-9(8-10)15-13(19)16-14-18-17-12(22-14)11-6-3-7-21-11/h2-8H,1H3,(H2,15,16,18,19). The molecular formula is C14H12N4O3S. The van der Waals surface area contributed by atoms with Crippen LogP contribution in [0, 0.1) is 0 Å². The van der Waals surface area contributed by atoms with Crippen molar-refractivity contribution in [1.82, 2.24) is 10.2 Å². The second kappa shape index (κ2) is 6.27. The molecule has 1 aromatic carbocycles. The Bertz CT molecular complexity index is 770. The molecule has 22 heavy (non-hydrogen) atoms. The fourth-order valence-corrected chi connectivity index (χ4v) is 2.44. The molecular weight excluding hydrogens is 304 g/mol. The summed E-state index contributed by atoms with van der Waals surface area (Å²) in [7, 11) is 1.57. The number of nitrogens with one attached hydrogen (secondary N) is 2. The molecule has 0 spiro atoms. The molecule has 0 aliphatic carbocycles. The minimum absolute atomic E-state index is 0.381. The van der Waals surface area contributed by atoms with Crippen LogP contribution in [0.2, 0.25) is 0 Å². The smallest absolute Gasteiger partial charge is 0.325 e. The number of hydrogen-bond donors (Lipinski definition) is 2. The van der Waals surface area contributed by atoms with E-state index in [0.717, 1.165) is 0 Å². The van der Waals surface area contributed by atoms with Gasteiger partial charge < -0.3 is 14.5 Å². The Kier molecular flexibility index (Phi) is 4.01. The van der Waals surface area contributed by atoms with Gasteiger partial charge in [-0.2, -0.15) is 0 Å². The predicted octanol–water partition coefficient (Wildman–Crippen LogP) is 3.45. The van der Waals surface area contributed by atoms with Gasteiger partial charge in [0.2, 0.25) is 5.13 Å². The lowest BCUT2D eigenvalue weighted by molar-refractivity contribution is 0.262. The van der Waals surface area contributed by atoms with Crippen molar-refractivity contribution in [2.75, 3.05) is 17.7 Å². The first-order valence-corrected chi connectivity index (χ1v) is 7.15. The molecule has 112 valence electrons. The second-order valence-corrected chi connectivity index (χ2v) is 5.18. The van der Waals surface area contributed by atoms with Gasteiger partial charge in [-0.3, -0.25) is 5.32 Å². The molecule has 0 aliphatic heterocycles. The van der Waals surface area contributed by atoms with Gasteiger partial charge in [0, 0.05) is 11.8 Å². The highest BCUT2D eigenvalue weighted by Gasteiger charge is 2.11. The number of rotatable bonds is 4. The Morgan fingerprint density at radius 3 is 2.91 bits per heavy atom. The summed E-state index contributed by atoms with van der Waals surface area (Å²) in [5.74, 6) is 1.27. The van der Waals surface area contributed by atoms with Gasteiger partial charge in [0.1, 0.15) is 5.75 Å². The van der Waals surface area contributed by atoms with E-state index in [1.807, 2.05) is 0 Å². The molecule has 3 aromatic rings. The van der Waals surface area contributed by atoms with Gasteiger partial charge in [-0.15, -0.1) is 10.2 Å². The van der Waals surface area contributed by atoms with E-state index in [-0.39, 0.29) is 0 Å². The molecule has 0 unspecified atom stereocenters. The number of urea groups is 1. The molecule has 0 bridgehead atoms. The van der Waals surface area contributed by atoms with Crippen LogP contribution in [0.25, 0.3) is 10.8 Å². The number of furan rings is 1. The third kappa shape index (κ3) is 3.23. The van der Waals surface area contributed by atoms with Crippen LogP contribution in [0.4, 0.5) is 15.6 Å². The van der Waals surface area contributed by atoms with Crippen molar-refractivity contribution in [3.8, 4) is 16.5 Å². The van der Waals surface area contributed by atoms with Gasteiger partial charge in [-0.1, -0.05) is 17.4 Å². The molecule has 0 aliphatic rings. The molecule has 7 nitrogen and oxygen atoms in total. The van der Waals surface area contributed by atoms with Crippen molar-refractivity contribution in [2.24, 2.45) is 0 Å². The van der Waals surface area contributed by atoms with Gasteiger partial charge in [-0.05, 0) is 24.3 Å². The second-order valence-electron chi connectivity index (χ2n) is 4.20. The molecule has 2 aromatic heterocycles. The van der Waals surface area contributed by atoms with E-state index in [9.17, 15) is 4.79 Å². The Balaban J connectivity index is 1.64. The Hall–Kier alpha value is -2.87. The number of benzene rings is 1. The van der Waals surface area contributed by atoms with E-state index in [1.165, 1.54) is 11.3 Å². The summed E-state index contributed by atoms with van der Waals surface area (Å²) >= 11 is 1.22. The highest BCUT2D eigenvalue weighted by molar-refractivity contribution is 7.18. The topological polar surface area (TPSA) is 89.3 Å². The predicted molar refractivity (Wildman–Crippen MR) is 83.2 cm³/mol. The number of carbonyl (C=O) groups excluding carboxylic acids is 1. The maximum atomic E-state index is 11.9. The Morgan fingerprint density at radius 2 is 2.14 bits per heavy atom. The first kappa shape index (κ1) is 14.1. The Morgan fingerprint density at radius 1 is 1.23 bits per heavy atom. The van der Waals surface area contributed by atoms with Crippen LogP contribution in [0.3, 0.4) is 0 Å². The van der Waals surface area contributed by atoms with Crippen LogP contribution < -0.4 is 15.4 Å². The third-order valence-electron chi connectivity index (χ3n) is 2.71. The molecule has 2 N–H and O–H groups in total. The van der Waals surface area contributed by atoms with E-state index in [2.05, 4.69) is 20.8 Å². The summed E-state index contributed by atoms with van der Waals surface area (Å²) in [5.41, 5.74) is 0.618. The van der Waals surface area contributed by atoms with Crippen LogP contribution in [0.5, 0.6) is 5.75 Å². The van der Waals surface area contributed by atoms with Crippen LogP contribution >= 0.6 is 11.3 Å². The van der Waals surface area contributed by atoms with Gasteiger partial charge >= 0.3 is 6.03 Å². The average molecular weight is 316 g/mol. The number of carbonyl (C=O) groups is 1. The lowest BCUT2D eigenvalue weighted by Crippen LogP contribution is -2.19. The minimum Gasteiger partial charge on any atom is -0.497 e. The quantitative estimate of drug-likeness (QED) is 0.769. The molecule has 0 radical (unpaired) electrons. The van der Waals surface area contributed by atoms with Crippen molar-refractivity contribution in [2.45, 2.75) is 0 Å². The van der Waals surface area contributed by atoms with E-state index in [1.54, 1.807) is 49.8 Å². The maximum Gasteiger partial charge on any atom is 0.325 e. The zero-order valence-electron chi connectivity index (χ0n) is 11.6. The normalized spacial score (nSPS) is 10.2.